The highest BCUT2D eigenvalue weighted by molar-refractivity contribution is 6.09. The van der Waals surface area contributed by atoms with Crippen molar-refractivity contribution in [3.05, 3.63) is 70.6 Å². The lowest BCUT2D eigenvalue weighted by atomic mass is 10.0. The van der Waals surface area contributed by atoms with Gasteiger partial charge in [-0.05, 0) is 69.1 Å². The molecule has 0 bridgehead atoms. The van der Waals surface area contributed by atoms with Crippen LogP contribution in [-0.4, -0.2) is 117 Å². The average molecular weight is 949 g/mol. The van der Waals surface area contributed by atoms with Crippen molar-refractivity contribution in [2.75, 3.05) is 11.4 Å². The first-order valence-corrected chi connectivity index (χ1v) is 21.8. The van der Waals surface area contributed by atoms with Crippen LogP contribution in [0.4, 0.5) is 5.69 Å². The molecule has 1 saturated heterocycles. The summed E-state index contributed by atoms with van der Waals surface area (Å²) in [6.45, 7) is 3.84. The minimum atomic E-state index is -1.67. The van der Waals surface area contributed by atoms with Gasteiger partial charge in [0.15, 0.2) is 0 Å². The quantitative estimate of drug-likeness (QED) is 0.0961. The van der Waals surface area contributed by atoms with Gasteiger partial charge < -0.3 is 57.4 Å². The molecule has 1 aliphatic rings. The van der Waals surface area contributed by atoms with Gasteiger partial charge >= 0.3 is 17.6 Å². The number of carboxylic acids is 2. The Bertz CT molecular complexity index is 2440. The number of phenols is 1. The van der Waals surface area contributed by atoms with Crippen LogP contribution in [0.3, 0.4) is 0 Å². The number of hydrogen-bond acceptors (Lipinski definition) is 13. The van der Waals surface area contributed by atoms with E-state index in [1.807, 2.05) is 0 Å². The van der Waals surface area contributed by atoms with E-state index >= 15 is 4.79 Å². The van der Waals surface area contributed by atoms with Crippen molar-refractivity contribution in [2.45, 2.75) is 115 Å². The van der Waals surface area contributed by atoms with E-state index in [-0.39, 0.29) is 47.6 Å². The third-order valence-electron chi connectivity index (χ3n) is 10.8. The van der Waals surface area contributed by atoms with Gasteiger partial charge in [0.05, 0.1) is 12.2 Å². The summed E-state index contributed by atoms with van der Waals surface area (Å²) in [6.07, 6.45) is -3.32. The first kappa shape index (κ1) is 52.8. The molecule has 0 radical (unpaired) electrons. The van der Waals surface area contributed by atoms with Gasteiger partial charge in [-0.3, -0.25) is 52.8 Å². The summed E-state index contributed by atoms with van der Waals surface area (Å²) in [5.74, 6) is -11.3. The second-order valence-corrected chi connectivity index (χ2v) is 16.6. The van der Waals surface area contributed by atoms with E-state index < -0.39 is 146 Å². The lowest BCUT2D eigenvalue weighted by Gasteiger charge is -2.33. The summed E-state index contributed by atoms with van der Waals surface area (Å²) in [5.41, 5.74) is 4.89. The number of carbonyl (C=O) groups excluding carboxylic acids is 8. The zero-order valence-corrected chi connectivity index (χ0v) is 37.6. The van der Waals surface area contributed by atoms with Gasteiger partial charge in [-0.15, -0.1) is 0 Å². The molecule has 23 nitrogen and oxygen atoms in total. The Labute approximate surface area is 388 Å². The molecule has 1 fully saturated rings. The predicted molar refractivity (Wildman–Crippen MR) is 240 cm³/mol. The first-order chi connectivity index (χ1) is 32.1. The minimum Gasteiger partial charge on any atom is -0.508 e. The van der Waals surface area contributed by atoms with E-state index in [0.717, 1.165) is 22.6 Å². The van der Waals surface area contributed by atoms with Crippen LogP contribution in [0.2, 0.25) is 0 Å². The van der Waals surface area contributed by atoms with Gasteiger partial charge in [-0.1, -0.05) is 44.2 Å². The van der Waals surface area contributed by atoms with Crippen molar-refractivity contribution in [1.82, 2.24) is 31.9 Å². The number of rotatable bonds is 13. The Morgan fingerprint density at radius 1 is 0.735 bits per heavy atom. The van der Waals surface area contributed by atoms with Crippen molar-refractivity contribution >= 4 is 75.9 Å². The smallest absolute Gasteiger partial charge is 0.338 e. The second-order valence-electron chi connectivity index (χ2n) is 16.6. The Hall–Kier alpha value is -7.85. The van der Waals surface area contributed by atoms with Gasteiger partial charge in [-0.25, -0.2) is 4.79 Å². The summed E-state index contributed by atoms with van der Waals surface area (Å²) in [5, 5.41) is 43.8. The van der Waals surface area contributed by atoms with E-state index in [2.05, 4.69) is 31.9 Å². The third-order valence-corrected chi connectivity index (χ3v) is 10.8. The molecule has 68 heavy (non-hydrogen) atoms. The highest BCUT2D eigenvalue weighted by Crippen LogP contribution is 2.30. The van der Waals surface area contributed by atoms with Crippen molar-refractivity contribution in [3.63, 3.8) is 0 Å². The zero-order valence-electron chi connectivity index (χ0n) is 37.6. The van der Waals surface area contributed by atoms with Crippen molar-refractivity contribution in [1.29, 1.82) is 0 Å². The predicted octanol–water partition coefficient (Wildman–Crippen LogP) is -0.552. The van der Waals surface area contributed by atoms with Crippen LogP contribution < -0.4 is 48.2 Å². The molecule has 0 spiro atoms. The summed E-state index contributed by atoms with van der Waals surface area (Å²) in [4.78, 5) is 147. The molecule has 1 aliphatic heterocycles. The van der Waals surface area contributed by atoms with E-state index in [1.165, 1.54) is 19.1 Å². The first-order valence-electron chi connectivity index (χ1n) is 21.8. The van der Waals surface area contributed by atoms with Crippen molar-refractivity contribution in [3.8, 4) is 5.75 Å². The van der Waals surface area contributed by atoms with Crippen molar-refractivity contribution in [2.24, 2.45) is 11.7 Å². The van der Waals surface area contributed by atoms with E-state index in [9.17, 15) is 63.3 Å². The number of aromatic hydroxyl groups is 1. The maximum atomic E-state index is 15.1. The highest BCUT2D eigenvalue weighted by Gasteiger charge is 2.37. The number of benzene rings is 2. The number of nitrogens with one attached hydrogen (secondary N) is 6. The van der Waals surface area contributed by atoms with Gasteiger partial charge in [0, 0.05) is 36.8 Å². The summed E-state index contributed by atoms with van der Waals surface area (Å²) < 4.78 is 5.29. The normalized spacial score (nSPS) is 22.0. The molecule has 0 saturated carbocycles. The number of phenolic OH excluding ortho intramolecular Hbond substituents is 1. The highest BCUT2D eigenvalue weighted by atomic mass is 16.4. The van der Waals surface area contributed by atoms with Crippen LogP contribution in [0.1, 0.15) is 77.7 Å². The Morgan fingerprint density at radius 3 is 1.96 bits per heavy atom. The number of anilines is 1. The van der Waals surface area contributed by atoms with Crippen LogP contribution in [0.15, 0.2) is 63.8 Å². The van der Waals surface area contributed by atoms with Gasteiger partial charge in [0.25, 0.3) is 0 Å². The SMILES string of the molecule is CC(C)C[C@@H]1NC(=O)CNC(=O)[C@H](CCC(=O)O)NC(=O)[C@H](C)N(c2cc(=O)oc3cc(O)ccc23)C(=O)[C@H](CCc2ccccc2)NC(=O)CC[C@@H](C(N)=O)NC(=O)[C@H](CCC(=O)O)NC1=O. The van der Waals surface area contributed by atoms with Crippen molar-refractivity contribution < 1.29 is 67.7 Å². The lowest BCUT2D eigenvalue weighted by Crippen LogP contribution is -2.58. The number of primary amides is 1. The maximum Gasteiger partial charge on any atom is 0.338 e. The number of nitrogens with zero attached hydrogens (tertiary/aromatic N) is 1. The molecule has 0 aliphatic carbocycles. The monoisotopic (exact) mass is 948 g/mol. The molecule has 1 aromatic heterocycles. The Balaban J connectivity index is 1.86. The number of aliphatic carboxylic acids is 2. The Kier molecular flexibility index (Phi) is 19.1. The average Bonchev–Trinajstić information content (AvgIpc) is 3.27. The van der Waals surface area contributed by atoms with Crippen LogP contribution in [-0.2, 0) is 54.4 Å². The molecule has 6 atom stereocenters. The Morgan fingerprint density at radius 2 is 1.34 bits per heavy atom. The second kappa shape index (κ2) is 24.6. The fourth-order valence-corrected chi connectivity index (χ4v) is 7.33. The number of aryl methyl sites for hydroxylation is 1. The largest absolute Gasteiger partial charge is 0.508 e. The molecule has 23 heteroatoms. The molecule has 2 aromatic carbocycles. The summed E-state index contributed by atoms with van der Waals surface area (Å²) in [7, 11) is 0. The summed E-state index contributed by atoms with van der Waals surface area (Å²) >= 11 is 0. The molecule has 2 heterocycles. The van der Waals surface area contributed by atoms with E-state index in [1.54, 1.807) is 44.2 Å². The fourth-order valence-electron chi connectivity index (χ4n) is 7.33. The van der Waals surface area contributed by atoms with E-state index in [4.69, 9.17) is 10.2 Å². The number of carbonyl (C=O) groups is 10. The zero-order chi connectivity index (χ0) is 50.2. The van der Waals surface area contributed by atoms with Gasteiger partial charge in [-0.2, -0.15) is 0 Å². The molecule has 3 aromatic rings. The topological polar surface area (TPSA) is 363 Å². The molecular formula is C45H56N8O15. The van der Waals surface area contributed by atoms with Gasteiger partial charge in [0.1, 0.15) is 47.6 Å². The van der Waals surface area contributed by atoms with Gasteiger partial charge in [0.2, 0.25) is 47.3 Å². The molecule has 4 rings (SSSR count). The maximum absolute atomic E-state index is 15.1. The van der Waals surface area contributed by atoms with Crippen LogP contribution in [0.5, 0.6) is 5.75 Å². The number of fused-ring (bicyclic) bond motifs is 1. The standard InChI is InChI=1S/C45H56N8O15/c1-23(2)19-32-44(66)52-30(15-18-38(59)60)43(65)50-28(40(46)62)13-16-35(55)48-31(12-9-25-7-5-4-6-8-25)45(67)53(33-21-39(61)68-34-20-26(54)10-11-27(33)34)24(3)41(63)51-29(14-17-37(57)58)42(64)47-22-36(56)49-32/h4-8,10-11,20-21,23-24,28-32,54H,9,12-19,22H2,1-3H3,(H2,46,62)(H,47,64)(H,48,55)(H,49,56)(H,50,65)(H,51,63)(H,52,66)(H,57,58)(H,59,60)/t24-,28-,29-,30-,31-,32-/m0/s1. The third kappa shape index (κ3) is 15.7. The van der Waals surface area contributed by atoms with Crippen LogP contribution in [0.25, 0.3) is 11.0 Å². The molecule has 8 amide bonds. The minimum absolute atomic E-state index is 0.0195. The molecule has 0 unspecified atom stereocenters. The number of carboxylic acid groups (broad SMARTS) is 2. The van der Waals surface area contributed by atoms with Crippen LogP contribution in [0, 0.1) is 5.92 Å². The lowest BCUT2D eigenvalue weighted by molar-refractivity contribution is -0.139. The molecular weight excluding hydrogens is 893 g/mol. The van der Waals surface area contributed by atoms with E-state index in [0.29, 0.717) is 0 Å². The fraction of sp³-hybridized carbons (Fsp3) is 0.444. The summed E-state index contributed by atoms with van der Waals surface area (Å²) in [6, 6.07) is 3.87. The number of hydrogen-bond donors (Lipinski definition) is 10. The van der Waals surface area contributed by atoms with Crippen LogP contribution >= 0.6 is 0 Å². The number of amides is 8. The molecule has 366 valence electrons. The number of nitrogens with two attached hydrogens (primary N) is 1. The molecule has 11 N–H and O–H groups in total.